The van der Waals surface area contributed by atoms with Gasteiger partial charge in [-0.3, -0.25) is 14.9 Å². The molecule has 1 aromatic carbocycles. The third kappa shape index (κ3) is 3.25. The number of hydrogen-bond acceptors (Lipinski definition) is 5. The van der Waals surface area contributed by atoms with Crippen LogP contribution in [0.3, 0.4) is 0 Å². The second kappa shape index (κ2) is 5.50. The van der Waals surface area contributed by atoms with Gasteiger partial charge in [0.25, 0.3) is 11.6 Å². The molecule has 7 nitrogen and oxygen atoms in total. The Morgan fingerprint density at radius 3 is 2.76 bits per heavy atom. The number of ether oxygens (including phenoxy) is 1. The predicted molar refractivity (Wildman–Crippen MR) is 78.5 cm³/mol. The fourth-order valence-corrected chi connectivity index (χ4v) is 2.46. The minimum atomic E-state index is -0.652. The molecule has 1 aliphatic rings. The van der Waals surface area contributed by atoms with Crippen LogP contribution in [0.15, 0.2) is 12.1 Å². The number of nitro groups is 1. The highest BCUT2D eigenvalue weighted by Gasteiger charge is 2.31. The summed E-state index contributed by atoms with van der Waals surface area (Å²) in [6, 6.07) is 2.51. The molecule has 0 aromatic heterocycles. The topological polar surface area (TPSA) is 98.7 Å². The Hall–Kier alpha value is -1.86. The molecule has 21 heavy (non-hydrogen) atoms. The van der Waals surface area contributed by atoms with Crippen molar-refractivity contribution < 1.29 is 14.5 Å². The number of hydrogen-bond donors (Lipinski definition) is 1. The molecular weight excluding hydrogens is 298 g/mol. The van der Waals surface area contributed by atoms with E-state index in [0.717, 1.165) is 6.07 Å². The number of amides is 1. The molecule has 0 radical (unpaired) electrons. The molecule has 0 aliphatic carbocycles. The molecule has 1 heterocycles. The smallest absolute Gasteiger partial charge is 0.294 e. The Balaban J connectivity index is 2.33. The van der Waals surface area contributed by atoms with Crippen molar-refractivity contribution in [3.63, 3.8) is 0 Å². The third-order valence-corrected chi connectivity index (χ3v) is 3.58. The van der Waals surface area contributed by atoms with E-state index in [4.69, 9.17) is 22.1 Å². The van der Waals surface area contributed by atoms with Crippen LogP contribution in [0.25, 0.3) is 0 Å². The molecular formula is C13H16ClN3O4. The van der Waals surface area contributed by atoms with Crippen LogP contribution >= 0.6 is 11.6 Å². The first-order chi connectivity index (χ1) is 9.71. The van der Waals surface area contributed by atoms with Gasteiger partial charge >= 0.3 is 0 Å². The molecule has 0 atom stereocenters. The van der Waals surface area contributed by atoms with E-state index in [1.807, 2.05) is 13.8 Å². The van der Waals surface area contributed by atoms with Crippen molar-refractivity contribution in [1.29, 1.82) is 0 Å². The van der Waals surface area contributed by atoms with Crippen molar-refractivity contribution in [2.75, 3.05) is 25.4 Å². The van der Waals surface area contributed by atoms with E-state index in [0.29, 0.717) is 19.7 Å². The summed E-state index contributed by atoms with van der Waals surface area (Å²) < 4.78 is 5.54. The van der Waals surface area contributed by atoms with Gasteiger partial charge < -0.3 is 15.4 Å². The highest BCUT2D eigenvalue weighted by molar-refractivity contribution is 6.34. The molecule has 1 amide bonds. The molecule has 8 heteroatoms. The molecule has 0 bridgehead atoms. The molecule has 1 aliphatic heterocycles. The van der Waals surface area contributed by atoms with E-state index in [2.05, 4.69) is 0 Å². The molecule has 1 fully saturated rings. The van der Waals surface area contributed by atoms with Gasteiger partial charge in [0.15, 0.2) is 0 Å². The minimum absolute atomic E-state index is 0.0000645. The predicted octanol–water partition coefficient (Wildman–Crippen LogP) is 2.08. The fourth-order valence-electron chi connectivity index (χ4n) is 2.25. The van der Waals surface area contributed by atoms with E-state index in [9.17, 15) is 14.9 Å². The molecule has 0 unspecified atom stereocenters. The lowest BCUT2D eigenvalue weighted by atomic mass is 10.1. The maximum atomic E-state index is 12.5. The van der Waals surface area contributed by atoms with Gasteiger partial charge in [0.2, 0.25) is 0 Å². The van der Waals surface area contributed by atoms with Gasteiger partial charge in [0.05, 0.1) is 22.2 Å². The highest BCUT2D eigenvalue weighted by atomic mass is 35.5. The Kier molecular flexibility index (Phi) is 4.06. The molecule has 114 valence electrons. The Bertz CT molecular complexity index is 603. The lowest BCUT2D eigenvalue weighted by Crippen LogP contribution is -2.50. The van der Waals surface area contributed by atoms with Gasteiger partial charge in [-0.1, -0.05) is 11.6 Å². The maximum absolute atomic E-state index is 12.5. The van der Waals surface area contributed by atoms with Crippen LogP contribution in [0.4, 0.5) is 11.4 Å². The average Bonchev–Trinajstić information content (AvgIpc) is 2.39. The summed E-state index contributed by atoms with van der Waals surface area (Å²) in [5, 5.41) is 11.0. The first-order valence-corrected chi connectivity index (χ1v) is 6.76. The van der Waals surface area contributed by atoms with Crippen molar-refractivity contribution in [3.8, 4) is 0 Å². The number of carbonyl (C=O) groups excluding carboxylic acids is 1. The lowest BCUT2D eigenvalue weighted by Gasteiger charge is -2.38. The number of nitrogens with two attached hydrogens (primary N) is 1. The van der Waals surface area contributed by atoms with E-state index < -0.39 is 10.5 Å². The molecule has 2 N–H and O–H groups in total. The minimum Gasteiger partial charge on any atom is -0.392 e. The number of carbonyl (C=O) groups is 1. The monoisotopic (exact) mass is 313 g/mol. The van der Waals surface area contributed by atoms with Gasteiger partial charge in [-0.15, -0.1) is 0 Å². The Morgan fingerprint density at radius 1 is 1.52 bits per heavy atom. The summed E-state index contributed by atoms with van der Waals surface area (Å²) in [7, 11) is 0. The maximum Gasteiger partial charge on any atom is 0.294 e. The average molecular weight is 314 g/mol. The largest absolute Gasteiger partial charge is 0.392 e. The van der Waals surface area contributed by atoms with Crippen LogP contribution < -0.4 is 5.73 Å². The number of halogens is 1. The van der Waals surface area contributed by atoms with E-state index in [1.54, 1.807) is 4.90 Å². The number of nitro benzene ring substituents is 1. The van der Waals surface area contributed by atoms with Gasteiger partial charge in [0.1, 0.15) is 5.69 Å². The van der Waals surface area contributed by atoms with Crippen LogP contribution in [0.2, 0.25) is 5.02 Å². The van der Waals surface area contributed by atoms with Crippen LogP contribution in [-0.4, -0.2) is 41.0 Å². The SMILES string of the molecule is CC1(C)CN(C(=O)c2cc(Cl)c(N)c([N+](=O)[O-])c2)CCO1. The van der Waals surface area contributed by atoms with Gasteiger partial charge in [-0.2, -0.15) is 0 Å². The number of morpholine rings is 1. The summed E-state index contributed by atoms with van der Waals surface area (Å²) >= 11 is 5.88. The number of benzene rings is 1. The van der Waals surface area contributed by atoms with Crippen molar-refractivity contribution in [2.24, 2.45) is 0 Å². The van der Waals surface area contributed by atoms with Gasteiger partial charge in [-0.05, 0) is 19.9 Å². The lowest BCUT2D eigenvalue weighted by molar-refractivity contribution is -0.383. The first-order valence-electron chi connectivity index (χ1n) is 6.38. The Labute approximate surface area is 126 Å². The number of nitrogens with zero attached hydrogens (tertiary/aromatic N) is 2. The molecule has 0 spiro atoms. The zero-order valence-electron chi connectivity index (χ0n) is 11.8. The van der Waals surface area contributed by atoms with Crippen LogP contribution in [-0.2, 0) is 4.74 Å². The first kappa shape index (κ1) is 15.5. The quantitative estimate of drug-likeness (QED) is 0.512. The van der Waals surface area contributed by atoms with Crippen LogP contribution in [0.1, 0.15) is 24.2 Å². The second-order valence-electron chi connectivity index (χ2n) is 5.48. The summed E-state index contributed by atoms with van der Waals surface area (Å²) in [4.78, 5) is 24.4. The fraction of sp³-hybridized carbons (Fsp3) is 0.462. The van der Waals surface area contributed by atoms with Gasteiger partial charge in [0, 0.05) is 24.7 Å². The zero-order chi connectivity index (χ0) is 15.8. The number of rotatable bonds is 2. The molecule has 2 rings (SSSR count). The van der Waals surface area contributed by atoms with E-state index in [-0.39, 0.29) is 27.9 Å². The zero-order valence-corrected chi connectivity index (χ0v) is 12.5. The van der Waals surface area contributed by atoms with Crippen molar-refractivity contribution in [2.45, 2.75) is 19.4 Å². The van der Waals surface area contributed by atoms with Gasteiger partial charge in [-0.25, -0.2) is 0 Å². The third-order valence-electron chi connectivity index (χ3n) is 3.26. The normalized spacial score (nSPS) is 17.6. The number of anilines is 1. The summed E-state index contributed by atoms with van der Waals surface area (Å²) in [5.74, 6) is -0.323. The highest BCUT2D eigenvalue weighted by Crippen LogP contribution is 2.31. The van der Waals surface area contributed by atoms with E-state index in [1.165, 1.54) is 6.07 Å². The standard InChI is InChI=1S/C13H16ClN3O4/c1-13(2)7-16(3-4-21-13)12(18)8-5-9(14)11(15)10(6-8)17(19)20/h5-6H,3-4,7,15H2,1-2H3. The summed E-state index contributed by atoms with van der Waals surface area (Å²) in [6.07, 6.45) is 0. The van der Waals surface area contributed by atoms with Crippen molar-refractivity contribution >= 4 is 28.9 Å². The molecule has 0 saturated carbocycles. The van der Waals surface area contributed by atoms with Crippen LogP contribution in [0, 0.1) is 10.1 Å². The Morgan fingerprint density at radius 2 is 2.19 bits per heavy atom. The van der Waals surface area contributed by atoms with Crippen molar-refractivity contribution in [1.82, 2.24) is 4.90 Å². The summed E-state index contributed by atoms with van der Waals surface area (Å²) in [6.45, 7) is 5.01. The van der Waals surface area contributed by atoms with E-state index >= 15 is 0 Å². The second-order valence-corrected chi connectivity index (χ2v) is 5.89. The summed E-state index contributed by atoms with van der Waals surface area (Å²) in [5.41, 5.74) is 4.76. The molecule has 1 aromatic rings. The molecule has 1 saturated heterocycles. The number of nitrogen functional groups attached to an aromatic ring is 1. The van der Waals surface area contributed by atoms with Crippen molar-refractivity contribution in [3.05, 3.63) is 32.8 Å². The van der Waals surface area contributed by atoms with Crippen LogP contribution in [0.5, 0.6) is 0 Å².